The molecule has 1 rings (SSSR count). The van der Waals surface area contributed by atoms with E-state index in [2.05, 4.69) is 18.4 Å². The van der Waals surface area contributed by atoms with Gasteiger partial charge in [-0.3, -0.25) is 0 Å². The Kier molecular flexibility index (Phi) is 5.27. The van der Waals surface area contributed by atoms with E-state index in [0.717, 1.165) is 12.2 Å². The molecule has 17 heavy (non-hydrogen) atoms. The maximum atomic E-state index is 11.2. The molecule has 0 radical (unpaired) electrons. The second kappa shape index (κ2) is 6.74. The lowest BCUT2D eigenvalue weighted by Crippen LogP contribution is -2.28. The number of ether oxygens (including phenoxy) is 1. The zero-order valence-electron chi connectivity index (χ0n) is 10.5. The van der Waals surface area contributed by atoms with Crippen molar-refractivity contribution in [2.75, 3.05) is 24.6 Å². The van der Waals surface area contributed by atoms with E-state index in [1.54, 1.807) is 6.92 Å². The van der Waals surface area contributed by atoms with E-state index in [0.29, 0.717) is 18.7 Å². The smallest absolute Gasteiger partial charge is 0.333 e. The summed E-state index contributed by atoms with van der Waals surface area (Å²) in [5.41, 5.74) is 1.58. The third-order valence-electron chi connectivity index (χ3n) is 2.45. The molecule has 0 saturated heterocycles. The number of esters is 1. The fourth-order valence-corrected chi connectivity index (χ4v) is 1.48. The molecule has 0 amide bonds. The molecule has 0 saturated carbocycles. The molecule has 0 aliphatic carbocycles. The van der Waals surface area contributed by atoms with Crippen molar-refractivity contribution in [3.63, 3.8) is 0 Å². The Hall–Kier alpha value is -1.77. The second-order valence-electron chi connectivity index (χ2n) is 3.83. The Morgan fingerprint density at radius 3 is 2.53 bits per heavy atom. The molecule has 0 aromatic heterocycles. The fraction of sp³-hybridized carbons (Fsp3) is 0.357. The van der Waals surface area contributed by atoms with E-state index in [1.165, 1.54) is 0 Å². The molecule has 0 atom stereocenters. The zero-order valence-corrected chi connectivity index (χ0v) is 10.5. The van der Waals surface area contributed by atoms with Crippen LogP contribution in [0.25, 0.3) is 0 Å². The molecule has 3 nitrogen and oxygen atoms in total. The van der Waals surface area contributed by atoms with Crippen molar-refractivity contribution in [3.05, 3.63) is 42.5 Å². The molecule has 0 unspecified atom stereocenters. The maximum absolute atomic E-state index is 11.2. The zero-order chi connectivity index (χ0) is 12.7. The van der Waals surface area contributed by atoms with Gasteiger partial charge in [-0.2, -0.15) is 0 Å². The Morgan fingerprint density at radius 2 is 2.00 bits per heavy atom. The van der Waals surface area contributed by atoms with Crippen LogP contribution in [0.3, 0.4) is 0 Å². The van der Waals surface area contributed by atoms with Crippen LogP contribution >= 0.6 is 0 Å². The van der Waals surface area contributed by atoms with Gasteiger partial charge in [-0.15, -0.1) is 0 Å². The number of carbonyl (C=O) groups excluding carboxylic acids is 1. The van der Waals surface area contributed by atoms with Crippen molar-refractivity contribution in [3.8, 4) is 0 Å². The van der Waals surface area contributed by atoms with Crippen molar-refractivity contribution in [2.45, 2.75) is 13.8 Å². The Labute approximate surface area is 103 Å². The quantitative estimate of drug-likeness (QED) is 0.559. The van der Waals surface area contributed by atoms with Gasteiger partial charge in [-0.1, -0.05) is 24.8 Å². The van der Waals surface area contributed by atoms with Crippen LogP contribution in [0.15, 0.2) is 42.5 Å². The van der Waals surface area contributed by atoms with Crippen molar-refractivity contribution in [1.82, 2.24) is 0 Å². The molecular weight excluding hydrogens is 214 g/mol. The number of nitrogens with zero attached hydrogens (tertiary/aromatic N) is 1. The van der Waals surface area contributed by atoms with Crippen LogP contribution in [0, 0.1) is 0 Å². The first-order valence-electron chi connectivity index (χ1n) is 5.77. The Morgan fingerprint density at radius 1 is 1.35 bits per heavy atom. The summed E-state index contributed by atoms with van der Waals surface area (Å²) in [6.45, 7) is 9.23. The molecule has 0 aliphatic heterocycles. The molecule has 0 bridgehead atoms. The van der Waals surface area contributed by atoms with Crippen molar-refractivity contribution < 1.29 is 9.53 Å². The monoisotopic (exact) mass is 233 g/mol. The molecule has 0 heterocycles. The average molecular weight is 233 g/mol. The largest absolute Gasteiger partial charge is 0.460 e. The summed E-state index contributed by atoms with van der Waals surface area (Å²) >= 11 is 0. The van der Waals surface area contributed by atoms with Gasteiger partial charge >= 0.3 is 5.97 Å². The summed E-state index contributed by atoms with van der Waals surface area (Å²) in [4.78, 5) is 13.4. The molecule has 0 spiro atoms. The van der Waals surface area contributed by atoms with E-state index in [9.17, 15) is 4.79 Å². The van der Waals surface area contributed by atoms with Crippen LogP contribution in [0.5, 0.6) is 0 Å². The average Bonchev–Trinajstić information content (AvgIpc) is 2.35. The van der Waals surface area contributed by atoms with E-state index in [1.807, 2.05) is 30.3 Å². The normalized spacial score (nSPS) is 9.76. The number of anilines is 1. The summed E-state index contributed by atoms with van der Waals surface area (Å²) in [5.74, 6) is -0.325. The predicted molar refractivity (Wildman–Crippen MR) is 70.1 cm³/mol. The summed E-state index contributed by atoms with van der Waals surface area (Å²) < 4.78 is 5.08. The summed E-state index contributed by atoms with van der Waals surface area (Å²) in [5, 5.41) is 0. The highest BCUT2D eigenvalue weighted by Crippen LogP contribution is 2.12. The van der Waals surface area contributed by atoms with E-state index >= 15 is 0 Å². The number of carbonyl (C=O) groups is 1. The first kappa shape index (κ1) is 13.3. The number of hydrogen-bond donors (Lipinski definition) is 0. The van der Waals surface area contributed by atoms with Crippen LogP contribution < -0.4 is 4.90 Å². The Balaban J connectivity index is 2.44. The first-order valence-corrected chi connectivity index (χ1v) is 5.77. The Bertz CT molecular complexity index is 373. The highest BCUT2D eigenvalue weighted by Gasteiger charge is 2.06. The van der Waals surface area contributed by atoms with Crippen LogP contribution in [0.4, 0.5) is 5.69 Å². The second-order valence-corrected chi connectivity index (χ2v) is 3.83. The van der Waals surface area contributed by atoms with Crippen molar-refractivity contribution in [2.24, 2.45) is 0 Å². The number of likely N-dealkylation sites (N-methyl/N-ethyl adjacent to an activating group) is 1. The third kappa shape index (κ3) is 4.31. The minimum absolute atomic E-state index is 0.325. The van der Waals surface area contributed by atoms with E-state index < -0.39 is 0 Å². The lowest BCUT2D eigenvalue weighted by Gasteiger charge is -2.22. The van der Waals surface area contributed by atoms with Crippen molar-refractivity contribution in [1.29, 1.82) is 0 Å². The number of benzene rings is 1. The molecule has 0 aliphatic rings. The van der Waals surface area contributed by atoms with Crippen LogP contribution in [0.2, 0.25) is 0 Å². The van der Waals surface area contributed by atoms with Gasteiger partial charge in [-0.05, 0) is 26.0 Å². The van der Waals surface area contributed by atoms with E-state index in [4.69, 9.17) is 4.74 Å². The van der Waals surface area contributed by atoms with Gasteiger partial charge in [0.2, 0.25) is 0 Å². The van der Waals surface area contributed by atoms with Gasteiger partial charge in [0.1, 0.15) is 6.61 Å². The van der Waals surface area contributed by atoms with Crippen LogP contribution in [-0.2, 0) is 9.53 Å². The maximum Gasteiger partial charge on any atom is 0.333 e. The number of hydrogen-bond acceptors (Lipinski definition) is 3. The minimum Gasteiger partial charge on any atom is -0.460 e. The SMILES string of the molecule is C=C(C)C(=O)OCCN(CC)c1ccccc1. The summed E-state index contributed by atoms with van der Waals surface area (Å²) in [6.07, 6.45) is 0. The van der Waals surface area contributed by atoms with Gasteiger partial charge in [0.05, 0.1) is 6.54 Å². The molecule has 92 valence electrons. The summed E-state index contributed by atoms with van der Waals surface area (Å²) in [6, 6.07) is 10.1. The molecule has 0 fully saturated rings. The van der Waals surface area contributed by atoms with Gasteiger partial charge in [0, 0.05) is 17.8 Å². The molecular formula is C14H19NO2. The lowest BCUT2D eigenvalue weighted by atomic mass is 10.3. The fourth-order valence-electron chi connectivity index (χ4n) is 1.48. The van der Waals surface area contributed by atoms with Crippen LogP contribution in [0.1, 0.15) is 13.8 Å². The first-order chi connectivity index (χ1) is 8.15. The highest BCUT2D eigenvalue weighted by molar-refractivity contribution is 5.86. The molecule has 0 N–H and O–H groups in total. The predicted octanol–water partition coefficient (Wildman–Crippen LogP) is 2.63. The van der Waals surface area contributed by atoms with Crippen LogP contribution in [-0.4, -0.2) is 25.7 Å². The van der Waals surface area contributed by atoms with E-state index in [-0.39, 0.29) is 5.97 Å². The van der Waals surface area contributed by atoms with Gasteiger partial charge < -0.3 is 9.64 Å². The van der Waals surface area contributed by atoms with Gasteiger partial charge in [-0.25, -0.2) is 4.79 Å². The molecule has 1 aromatic carbocycles. The highest BCUT2D eigenvalue weighted by atomic mass is 16.5. The number of para-hydroxylation sites is 1. The van der Waals surface area contributed by atoms with Gasteiger partial charge in [0.25, 0.3) is 0 Å². The molecule has 3 heteroatoms. The number of rotatable bonds is 6. The lowest BCUT2D eigenvalue weighted by molar-refractivity contribution is -0.138. The molecule has 1 aromatic rings. The third-order valence-corrected chi connectivity index (χ3v) is 2.45. The van der Waals surface area contributed by atoms with Crippen molar-refractivity contribution >= 4 is 11.7 Å². The minimum atomic E-state index is -0.325. The summed E-state index contributed by atoms with van der Waals surface area (Å²) in [7, 11) is 0. The topological polar surface area (TPSA) is 29.5 Å². The van der Waals surface area contributed by atoms with Gasteiger partial charge in [0.15, 0.2) is 0 Å². The standard InChI is InChI=1S/C14H19NO2/c1-4-15(13-8-6-5-7-9-13)10-11-17-14(16)12(2)3/h5-9H,2,4,10-11H2,1,3H3.